The molecular weight excluding hydrogens is 422 g/mol. The summed E-state index contributed by atoms with van der Waals surface area (Å²) in [6.07, 6.45) is 5.44. The van der Waals surface area contributed by atoms with Crippen LogP contribution in [0.4, 0.5) is 4.79 Å². The molecule has 0 aliphatic carbocycles. The number of carbonyl (C=O) groups excluding carboxylic acids is 1. The molecule has 1 fully saturated rings. The number of methoxy groups -OCH3 is 2. The van der Waals surface area contributed by atoms with E-state index >= 15 is 0 Å². The zero-order valence-electron chi connectivity index (χ0n) is 18.9. The van der Waals surface area contributed by atoms with E-state index in [9.17, 15) is 13.2 Å². The maximum atomic E-state index is 12.5. The fourth-order valence-corrected chi connectivity index (χ4v) is 2.55. The van der Waals surface area contributed by atoms with E-state index in [1.807, 2.05) is 25.1 Å². The molecule has 0 saturated carbocycles. The van der Waals surface area contributed by atoms with Crippen molar-refractivity contribution in [1.82, 2.24) is 9.80 Å². The van der Waals surface area contributed by atoms with Crippen molar-refractivity contribution in [2.24, 2.45) is 4.99 Å². The fourth-order valence-electron chi connectivity index (χ4n) is 2.55. The van der Waals surface area contributed by atoms with Crippen LogP contribution in [0.25, 0.3) is 0 Å². The number of allylic oxidation sites excluding steroid dienone is 1. The van der Waals surface area contributed by atoms with Crippen molar-refractivity contribution in [2.45, 2.75) is 13.5 Å². The second-order valence-electron chi connectivity index (χ2n) is 6.77. The maximum absolute atomic E-state index is 12.5. The molecule has 9 nitrogen and oxygen atoms in total. The number of urea groups is 1. The lowest BCUT2D eigenvalue weighted by Gasteiger charge is -2.17. The van der Waals surface area contributed by atoms with Gasteiger partial charge < -0.3 is 19.1 Å². The van der Waals surface area contributed by atoms with Gasteiger partial charge in [-0.05, 0) is 30.7 Å². The maximum Gasteiger partial charge on any atom is 0.325 e. The first kappa shape index (κ1) is 26.0. The molecule has 0 radical (unpaired) electrons. The van der Waals surface area contributed by atoms with Crippen molar-refractivity contribution >= 4 is 21.7 Å². The molecule has 0 spiro atoms. The highest BCUT2D eigenvalue weighted by Crippen LogP contribution is 2.29. The smallest absolute Gasteiger partial charge is 0.325 e. The van der Waals surface area contributed by atoms with Gasteiger partial charge in [-0.3, -0.25) is 4.90 Å². The van der Waals surface area contributed by atoms with Crippen LogP contribution in [-0.2, 0) is 21.1 Å². The Labute approximate surface area is 184 Å². The Morgan fingerprint density at radius 3 is 2.42 bits per heavy atom. The summed E-state index contributed by atoms with van der Waals surface area (Å²) in [4.78, 5) is 20.1. The second-order valence-corrected chi connectivity index (χ2v) is 9.06. The van der Waals surface area contributed by atoms with Crippen LogP contribution in [0, 0.1) is 0 Å². The number of aliphatic imine (C=N–C) groups is 1. The highest BCUT2D eigenvalue weighted by molar-refractivity contribution is 7.89. The van der Waals surface area contributed by atoms with Crippen molar-refractivity contribution in [3.63, 3.8) is 0 Å². The minimum absolute atomic E-state index is 0.108. The summed E-state index contributed by atoms with van der Waals surface area (Å²) in [6.45, 7) is 6.92. The van der Waals surface area contributed by atoms with Crippen LogP contribution in [0.3, 0.4) is 0 Å². The Hall–Kier alpha value is -3.01. The molecule has 0 unspecified atom stereocenters. The summed E-state index contributed by atoms with van der Waals surface area (Å²) < 4.78 is 35.3. The highest BCUT2D eigenvalue weighted by Gasteiger charge is 2.31. The molecule has 172 valence electrons. The van der Waals surface area contributed by atoms with E-state index in [0.29, 0.717) is 42.8 Å². The van der Waals surface area contributed by atoms with Crippen molar-refractivity contribution in [3.05, 3.63) is 48.4 Å². The Balaban J connectivity index is 0.000000861. The van der Waals surface area contributed by atoms with E-state index in [4.69, 9.17) is 14.2 Å². The molecule has 0 aromatic heterocycles. The van der Waals surface area contributed by atoms with Gasteiger partial charge in [0.2, 0.25) is 0 Å². The largest absolute Gasteiger partial charge is 0.495 e. The molecule has 0 bridgehead atoms. The van der Waals surface area contributed by atoms with Crippen LogP contribution in [0.5, 0.6) is 11.5 Å². The zero-order chi connectivity index (χ0) is 23.6. The quantitative estimate of drug-likeness (QED) is 0.443. The molecule has 10 heteroatoms. The molecule has 1 aromatic rings. The van der Waals surface area contributed by atoms with Gasteiger partial charge in [0.1, 0.15) is 21.4 Å². The summed E-state index contributed by atoms with van der Waals surface area (Å²) in [5.41, 5.74) is 0.922. The Morgan fingerprint density at radius 2 is 1.90 bits per heavy atom. The van der Waals surface area contributed by atoms with Gasteiger partial charge in [0.15, 0.2) is 11.5 Å². The minimum atomic E-state index is -2.67. The lowest BCUT2D eigenvalue weighted by molar-refractivity contribution is 0.203. The van der Waals surface area contributed by atoms with Crippen LogP contribution in [0.2, 0.25) is 0 Å². The first-order valence-corrected chi connectivity index (χ1v) is 11.7. The van der Waals surface area contributed by atoms with E-state index in [0.717, 1.165) is 18.1 Å². The Kier molecular flexibility index (Phi) is 10.1. The highest BCUT2D eigenvalue weighted by atomic mass is 32.2. The molecule has 0 N–H and O–H groups in total. The lowest BCUT2D eigenvalue weighted by atomic mass is 10.2. The molecule has 31 heavy (non-hydrogen) atoms. The van der Waals surface area contributed by atoms with E-state index in [2.05, 4.69) is 11.6 Å². The number of likely N-dealkylation sites (N-methyl/N-ethyl adjacent to an activating group) is 1. The number of amides is 2. The van der Waals surface area contributed by atoms with Gasteiger partial charge in [0.25, 0.3) is 0 Å². The number of sulfone groups is 1. The van der Waals surface area contributed by atoms with Gasteiger partial charge in [-0.25, -0.2) is 18.2 Å². The summed E-state index contributed by atoms with van der Waals surface area (Å²) in [6, 6.07) is 5.52. The van der Waals surface area contributed by atoms with Gasteiger partial charge in [-0.1, -0.05) is 12.6 Å². The van der Waals surface area contributed by atoms with Crippen molar-refractivity contribution in [2.75, 3.05) is 46.9 Å². The predicted molar refractivity (Wildman–Crippen MR) is 121 cm³/mol. The minimum Gasteiger partial charge on any atom is -0.495 e. The number of ether oxygens (including phenoxy) is 3. The summed E-state index contributed by atoms with van der Waals surface area (Å²) >= 11 is 0. The van der Waals surface area contributed by atoms with E-state index in [1.54, 1.807) is 43.3 Å². The van der Waals surface area contributed by atoms with Crippen molar-refractivity contribution in [1.29, 1.82) is 0 Å². The third-order valence-corrected chi connectivity index (χ3v) is 3.89. The molecule has 0 atom stereocenters. The predicted octanol–water partition coefficient (Wildman–Crippen LogP) is 2.69. The van der Waals surface area contributed by atoms with Crippen LogP contribution in [0.1, 0.15) is 12.5 Å². The van der Waals surface area contributed by atoms with Gasteiger partial charge in [-0.2, -0.15) is 0 Å². The van der Waals surface area contributed by atoms with Crippen LogP contribution in [0.15, 0.2) is 47.8 Å². The summed E-state index contributed by atoms with van der Waals surface area (Å²) in [5.74, 6) is 2.48. The molecule has 1 heterocycles. The number of amidine groups is 1. The van der Waals surface area contributed by atoms with Crippen molar-refractivity contribution in [3.8, 4) is 11.5 Å². The van der Waals surface area contributed by atoms with Gasteiger partial charge in [0, 0.05) is 19.6 Å². The fraction of sp³-hybridized carbons (Fsp3) is 0.429. The van der Waals surface area contributed by atoms with Crippen LogP contribution < -0.4 is 9.47 Å². The molecule has 2 amide bonds. The van der Waals surface area contributed by atoms with Crippen LogP contribution in [-0.4, -0.2) is 77.0 Å². The van der Waals surface area contributed by atoms with Crippen LogP contribution >= 0.6 is 0 Å². The number of hydrogen-bond acceptors (Lipinski definition) is 7. The topological polar surface area (TPSA) is 97.7 Å². The molecule has 2 rings (SSSR count). The first-order valence-electron chi connectivity index (χ1n) is 9.44. The van der Waals surface area contributed by atoms with E-state index < -0.39 is 9.84 Å². The number of carbonyl (C=O) groups is 1. The third-order valence-electron chi connectivity index (χ3n) is 3.89. The molecule has 1 aromatic carbocycles. The third kappa shape index (κ3) is 8.71. The molecule has 1 aliphatic heterocycles. The van der Waals surface area contributed by atoms with E-state index in [-0.39, 0.29) is 6.03 Å². The second kappa shape index (κ2) is 12.0. The first-order chi connectivity index (χ1) is 14.5. The summed E-state index contributed by atoms with van der Waals surface area (Å²) in [5, 5.41) is 0. The molecular formula is C21H31N3O6S. The standard InChI is InChI=1S/C19H25N3O4.C2H6O2S/c1-6-15(24-4)11-20-18-13-21(3)19(23)22(18)12-14-8-9-16(25-5)17(10-14)26-7-2;1-5(2,3)4/h6,8-11H,1,7,12-13H2,2-5H3;1-2H3/b15-11+,20-18?;. The Morgan fingerprint density at radius 1 is 1.26 bits per heavy atom. The monoisotopic (exact) mass is 453 g/mol. The van der Waals surface area contributed by atoms with E-state index in [1.165, 1.54) is 0 Å². The average Bonchev–Trinajstić information content (AvgIpc) is 2.96. The number of hydrogen-bond donors (Lipinski definition) is 0. The number of benzene rings is 1. The van der Waals surface area contributed by atoms with Crippen molar-refractivity contribution < 1.29 is 27.4 Å². The van der Waals surface area contributed by atoms with Gasteiger partial charge in [0.05, 0.1) is 40.1 Å². The molecule has 1 aliphatic rings. The number of rotatable bonds is 8. The molecule has 1 saturated heterocycles. The normalized spacial score (nSPS) is 15.5. The number of nitrogens with zero attached hydrogens (tertiary/aromatic N) is 3. The average molecular weight is 454 g/mol. The SMILES string of the molecule is C=C/C(=C\N=C1CN(C)C(=O)N1Cc1ccc(OC)c(OCC)c1)OC.CS(C)(=O)=O. The van der Waals surface area contributed by atoms with Gasteiger partial charge >= 0.3 is 6.03 Å². The summed E-state index contributed by atoms with van der Waals surface area (Å²) in [7, 11) is 2.22. The lowest BCUT2D eigenvalue weighted by Crippen LogP contribution is -2.31. The Bertz CT molecular complexity index is 932. The van der Waals surface area contributed by atoms with Gasteiger partial charge in [-0.15, -0.1) is 0 Å². The zero-order valence-corrected chi connectivity index (χ0v) is 19.7.